The molecule has 0 fully saturated rings. The fourth-order valence-electron chi connectivity index (χ4n) is 2.70. The summed E-state index contributed by atoms with van der Waals surface area (Å²) in [7, 11) is 0. The molecule has 1 aromatic carbocycles. The van der Waals surface area contributed by atoms with Crippen molar-refractivity contribution < 1.29 is 9.53 Å². The molecule has 0 saturated carbocycles. The minimum Gasteiger partial charge on any atom is -0.454 e. The molecule has 7 heteroatoms. The van der Waals surface area contributed by atoms with E-state index in [1.165, 1.54) is 34.2 Å². The molecular weight excluding hydrogens is 380 g/mol. The molecule has 0 unspecified atom stereocenters. The Hall–Kier alpha value is -2.12. The van der Waals surface area contributed by atoms with E-state index in [-0.39, 0.29) is 17.3 Å². The van der Waals surface area contributed by atoms with Crippen LogP contribution < -0.4 is 5.56 Å². The van der Waals surface area contributed by atoms with Crippen LogP contribution >= 0.6 is 23.1 Å². The standard InChI is InChI=1S/C20H22N2O3S2/c1-10-6-7-15(8-11(10)2)26-9-16(23)25-13(4)18-21-19(24)17-12(3)14(5)27-20(17)22-18/h6-8,13H,9H2,1-5H3,(H,21,22,24)/t13-/m1/s1. The number of ether oxygens (including phenoxy) is 1. The molecule has 0 radical (unpaired) electrons. The first-order chi connectivity index (χ1) is 12.8. The van der Waals surface area contributed by atoms with Crippen molar-refractivity contribution in [3.63, 3.8) is 0 Å². The van der Waals surface area contributed by atoms with Crippen molar-refractivity contribution in [1.29, 1.82) is 0 Å². The van der Waals surface area contributed by atoms with Gasteiger partial charge in [0.25, 0.3) is 5.56 Å². The van der Waals surface area contributed by atoms with Gasteiger partial charge < -0.3 is 9.72 Å². The predicted molar refractivity (Wildman–Crippen MR) is 111 cm³/mol. The number of nitrogens with one attached hydrogen (secondary N) is 1. The van der Waals surface area contributed by atoms with Crippen LogP contribution in [0.3, 0.4) is 0 Å². The van der Waals surface area contributed by atoms with Crippen LogP contribution in [0.15, 0.2) is 27.9 Å². The molecule has 0 aliphatic carbocycles. The first-order valence-electron chi connectivity index (χ1n) is 8.65. The first-order valence-corrected chi connectivity index (χ1v) is 10.5. The summed E-state index contributed by atoms with van der Waals surface area (Å²) in [4.78, 5) is 34.6. The molecule has 1 N–H and O–H groups in total. The Bertz CT molecular complexity index is 1070. The van der Waals surface area contributed by atoms with Crippen LogP contribution in [0.1, 0.15) is 40.4 Å². The van der Waals surface area contributed by atoms with Crippen LogP contribution in [0.25, 0.3) is 10.2 Å². The first kappa shape index (κ1) is 19.6. The molecule has 1 atom stereocenters. The second-order valence-corrected chi connectivity index (χ2v) is 8.83. The Kier molecular flexibility index (Phi) is 5.72. The quantitative estimate of drug-likeness (QED) is 0.498. The van der Waals surface area contributed by atoms with Crippen LogP contribution in [0.5, 0.6) is 0 Å². The Balaban J connectivity index is 1.68. The minimum atomic E-state index is -0.613. The number of aryl methyl sites for hydroxylation is 4. The van der Waals surface area contributed by atoms with E-state index >= 15 is 0 Å². The maximum absolute atomic E-state index is 12.4. The number of thioether (sulfide) groups is 1. The maximum atomic E-state index is 12.4. The van der Waals surface area contributed by atoms with Crippen molar-refractivity contribution in [1.82, 2.24) is 9.97 Å². The van der Waals surface area contributed by atoms with Crippen LogP contribution in [-0.2, 0) is 9.53 Å². The average molecular weight is 403 g/mol. The topological polar surface area (TPSA) is 72.0 Å². The summed E-state index contributed by atoms with van der Waals surface area (Å²) in [5.74, 6) is 0.238. The number of carbonyl (C=O) groups is 1. The van der Waals surface area contributed by atoms with Crippen molar-refractivity contribution in [2.45, 2.75) is 45.6 Å². The second kappa shape index (κ2) is 7.86. The zero-order valence-electron chi connectivity index (χ0n) is 16.0. The minimum absolute atomic E-state index is 0.191. The lowest BCUT2D eigenvalue weighted by Crippen LogP contribution is -2.18. The van der Waals surface area contributed by atoms with Crippen LogP contribution in [0.2, 0.25) is 0 Å². The van der Waals surface area contributed by atoms with Crippen molar-refractivity contribution in [2.75, 3.05) is 5.75 Å². The summed E-state index contributed by atoms with van der Waals surface area (Å²) >= 11 is 2.91. The van der Waals surface area contributed by atoms with E-state index in [0.717, 1.165) is 15.3 Å². The lowest BCUT2D eigenvalue weighted by atomic mass is 10.1. The van der Waals surface area contributed by atoms with Crippen molar-refractivity contribution >= 4 is 39.3 Å². The van der Waals surface area contributed by atoms with Gasteiger partial charge in [-0.15, -0.1) is 23.1 Å². The number of aromatic nitrogens is 2. The molecule has 2 aromatic heterocycles. The zero-order valence-corrected chi connectivity index (χ0v) is 17.6. The number of hydrogen-bond donors (Lipinski definition) is 1. The van der Waals surface area contributed by atoms with Gasteiger partial charge in [0, 0.05) is 9.77 Å². The summed E-state index contributed by atoms with van der Waals surface area (Å²) in [5, 5.41) is 0.616. The Labute approximate surface area is 166 Å². The summed E-state index contributed by atoms with van der Waals surface area (Å²) in [6, 6.07) is 6.10. The average Bonchev–Trinajstić information content (AvgIpc) is 2.90. The lowest BCUT2D eigenvalue weighted by molar-refractivity contribution is -0.145. The molecule has 0 bridgehead atoms. The van der Waals surface area contributed by atoms with Crippen LogP contribution in [0, 0.1) is 27.7 Å². The number of nitrogens with zero attached hydrogens (tertiary/aromatic N) is 1. The monoisotopic (exact) mass is 402 g/mol. The maximum Gasteiger partial charge on any atom is 0.316 e. The molecule has 0 aliphatic rings. The molecule has 5 nitrogen and oxygen atoms in total. The normalized spacial score (nSPS) is 12.3. The number of hydrogen-bond acceptors (Lipinski definition) is 6. The van der Waals surface area contributed by atoms with Gasteiger partial charge in [0.2, 0.25) is 0 Å². The number of esters is 1. The van der Waals surface area contributed by atoms with Gasteiger partial charge in [0.15, 0.2) is 11.9 Å². The third-order valence-electron chi connectivity index (χ3n) is 4.59. The Morgan fingerprint density at radius 1 is 1.26 bits per heavy atom. The van der Waals surface area contributed by atoms with E-state index in [1.54, 1.807) is 6.92 Å². The molecule has 142 valence electrons. The number of fused-ring (bicyclic) bond motifs is 1. The highest BCUT2D eigenvalue weighted by atomic mass is 32.2. The summed E-state index contributed by atoms with van der Waals surface area (Å²) in [5.41, 5.74) is 3.17. The highest BCUT2D eigenvalue weighted by Crippen LogP contribution is 2.27. The fraction of sp³-hybridized carbons (Fsp3) is 0.350. The van der Waals surface area contributed by atoms with E-state index in [0.29, 0.717) is 16.0 Å². The number of benzene rings is 1. The van der Waals surface area contributed by atoms with E-state index < -0.39 is 6.10 Å². The summed E-state index contributed by atoms with van der Waals surface area (Å²) in [6.07, 6.45) is -0.613. The highest BCUT2D eigenvalue weighted by molar-refractivity contribution is 8.00. The predicted octanol–water partition coefficient (Wildman–Crippen LogP) is 4.61. The van der Waals surface area contributed by atoms with Gasteiger partial charge in [-0.3, -0.25) is 9.59 Å². The molecule has 0 aliphatic heterocycles. The summed E-state index contributed by atoms with van der Waals surface area (Å²) in [6.45, 7) is 9.70. The van der Waals surface area contributed by atoms with Gasteiger partial charge in [-0.05, 0) is 63.4 Å². The van der Waals surface area contributed by atoms with Crippen molar-refractivity contribution in [2.24, 2.45) is 0 Å². The molecule has 0 amide bonds. The second-order valence-electron chi connectivity index (χ2n) is 6.58. The van der Waals surface area contributed by atoms with Gasteiger partial charge in [-0.25, -0.2) is 4.98 Å². The number of rotatable bonds is 5. The van der Waals surface area contributed by atoms with Crippen LogP contribution in [0.4, 0.5) is 0 Å². The highest BCUT2D eigenvalue weighted by Gasteiger charge is 2.18. The lowest BCUT2D eigenvalue weighted by Gasteiger charge is -2.12. The van der Waals surface area contributed by atoms with Gasteiger partial charge in [-0.2, -0.15) is 0 Å². The molecule has 0 saturated heterocycles. The Morgan fingerprint density at radius 3 is 2.70 bits per heavy atom. The number of aromatic amines is 1. The summed E-state index contributed by atoms with van der Waals surface area (Å²) < 4.78 is 5.47. The number of H-pyrrole nitrogens is 1. The van der Waals surface area contributed by atoms with E-state index in [1.807, 2.05) is 32.9 Å². The van der Waals surface area contributed by atoms with Crippen molar-refractivity contribution in [3.05, 3.63) is 55.9 Å². The molecule has 27 heavy (non-hydrogen) atoms. The van der Waals surface area contributed by atoms with Gasteiger partial charge in [-0.1, -0.05) is 6.07 Å². The third kappa shape index (κ3) is 4.25. The van der Waals surface area contributed by atoms with Gasteiger partial charge in [0.05, 0.1) is 11.1 Å². The number of carbonyl (C=O) groups excluding carboxylic acids is 1. The third-order valence-corrected chi connectivity index (χ3v) is 6.65. The smallest absolute Gasteiger partial charge is 0.316 e. The van der Waals surface area contributed by atoms with Gasteiger partial charge >= 0.3 is 5.97 Å². The number of thiophene rings is 1. The zero-order chi connectivity index (χ0) is 19.7. The largest absolute Gasteiger partial charge is 0.454 e. The van der Waals surface area contributed by atoms with E-state index in [2.05, 4.69) is 23.0 Å². The molecule has 0 spiro atoms. The van der Waals surface area contributed by atoms with E-state index in [4.69, 9.17) is 4.74 Å². The molecule has 2 heterocycles. The fourth-order valence-corrected chi connectivity index (χ4v) is 4.51. The van der Waals surface area contributed by atoms with Gasteiger partial charge in [0.1, 0.15) is 4.83 Å². The SMILES string of the molecule is Cc1ccc(SCC(=O)O[C@H](C)c2nc3sc(C)c(C)c3c(=O)[nH]2)cc1C. The molecule has 3 aromatic rings. The Morgan fingerprint density at radius 2 is 2.00 bits per heavy atom. The molecule has 3 rings (SSSR count). The van der Waals surface area contributed by atoms with E-state index in [9.17, 15) is 9.59 Å². The molecular formula is C20H22N2O3S2. The van der Waals surface area contributed by atoms with Crippen LogP contribution in [-0.4, -0.2) is 21.7 Å². The van der Waals surface area contributed by atoms with Crippen molar-refractivity contribution in [3.8, 4) is 0 Å².